The highest BCUT2D eigenvalue weighted by Crippen LogP contribution is 2.06. The topological polar surface area (TPSA) is 64.1 Å². The zero-order valence-corrected chi connectivity index (χ0v) is 12.5. The Labute approximate surface area is 118 Å². The molecule has 0 aromatic carbocycles. The zero-order chi connectivity index (χ0) is 14.3. The predicted molar refractivity (Wildman–Crippen MR) is 76.7 cm³/mol. The number of nitrogens with zero attached hydrogens (tertiary/aromatic N) is 3. The van der Waals surface area contributed by atoms with Crippen LogP contribution in [0.4, 0.5) is 4.79 Å². The van der Waals surface area contributed by atoms with Gasteiger partial charge >= 0.3 is 12.0 Å². The number of urea groups is 1. The molecule has 0 saturated carbocycles. The fourth-order valence-electron chi connectivity index (χ4n) is 2.08. The Hall–Kier alpha value is -0.950. The van der Waals surface area contributed by atoms with Gasteiger partial charge in [-0.2, -0.15) is 11.8 Å². The Morgan fingerprint density at radius 1 is 1.26 bits per heavy atom. The summed E-state index contributed by atoms with van der Waals surface area (Å²) < 4.78 is 0. The first kappa shape index (κ1) is 16.1. The lowest BCUT2D eigenvalue weighted by molar-refractivity contribution is -0.138. The van der Waals surface area contributed by atoms with Gasteiger partial charge in [-0.15, -0.1) is 0 Å². The van der Waals surface area contributed by atoms with Gasteiger partial charge in [0.15, 0.2) is 0 Å². The fraction of sp³-hybridized carbons (Fsp3) is 0.833. The Morgan fingerprint density at radius 2 is 2.00 bits per heavy atom. The highest BCUT2D eigenvalue weighted by Gasteiger charge is 2.22. The van der Waals surface area contributed by atoms with Crippen LogP contribution in [0.2, 0.25) is 0 Å². The van der Waals surface area contributed by atoms with E-state index < -0.39 is 5.97 Å². The van der Waals surface area contributed by atoms with Crippen LogP contribution in [0.5, 0.6) is 0 Å². The molecule has 0 atom stereocenters. The molecule has 1 rings (SSSR count). The summed E-state index contributed by atoms with van der Waals surface area (Å²) in [5.41, 5.74) is 0. The van der Waals surface area contributed by atoms with E-state index in [1.54, 1.807) is 16.7 Å². The van der Waals surface area contributed by atoms with Crippen LogP contribution < -0.4 is 0 Å². The second-order valence-electron chi connectivity index (χ2n) is 4.71. The van der Waals surface area contributed by atoms with Gasteiger partial charge in [-0.3, -0.25) is 9.69 Å². The van der Waals surface area contributed by atoms with E-state index in [1.807, 2.05) is 23.1 Å². The molecule has 1 saturated heterocycles. The molecule has 6 nitrogen and oxygen atoms in total. The van der Waals surface area contributed by atoms with Crippen LogP contribution in [0.15, 0.2) is 0 Å². The molecule has 1 aliphatic heterocycles. The van der Waals surface area contributed by atoms with Crippen molar-refractivity contribution in [3.63, 3.8) is 0 Å². The maximum Gasteiger partial charge on any atom is 0.319 e. The van der Waals surface area contributed by atoms with Crippen LogP contribution in [0.1, 0.15) is 6.42 Å². The van der Waals surface area contributed by atoms with Crippen molar-refractivity contribution in [2.75, 3.05) is 58.3 Å². The average Bonchev–Trinajstić information content (AvgIpc) is 2.60. The maximum atomic E-state index is 12.2. The number of hydrogen-bond donors (Lipinski definition) is 1. The molecule has 0 spiro atoms. The third-order valence-corrected chi connectivity index (χ3v) is 3.77. The van der Waals surface area contributed by atoms with Gasteiger partial charge in [0.25, 0.3) is 0 Å². The van der Waals surface area contributed by atoms with E-state index in [0.717, 1.165) is 25.3 Å². The molecule has 19 heavy (non-hydrogen) atoms. The molecular weight excluding hydrogens is 266 g/mol. The van der Waals surface area contributed by atoms with Crippen molar-refractivity contribution >= 4 is 23.8 Å². The predicted octanol–water partition coefficient (Wildman–Crippen LogP) is 0.494. The van der Waals surface area contributed by atoms with Crippen LogP contribution in [0.25, 0.3) is 0 Å². The summed E-state index contributed by atoms with van der Waals surface area (Å²) in [5.74, 6) is 0.123. The molecule has 0 bridgehead atoms. The monoisotopic (exact) mass is 289 g/mol. The highest BCUT2D eigenvalue weighted by molar-refractivity contribution is 7.98. The smallest absolute Gasteiger partial charge is 0.319 e. The van der Waals surface area contributed by atoms with Crippen molar-refractivity contribution in [2.24, 2.45) is 0 Å². The molecule has 0 aliphatic carbocycles. The minimum atomic E-state index is -0.808. The largest absolute Gasteiger partial charge is 0.480 e. The third kappa shape index (κ3) is 5.69. The van der Waals surface area contributed by atoms with E-state index in [-0.39, 0.29) is 12.6 Å². The van der Waals surface area contributed by atoms with Gasteiger partial charge in [0.05, 0.1) is 6.54 Å². The molecule has 0 aromatic heterocycles. The molecule has 110 valence electrons. The minimum Gasteiger partial charge on any atom is -0.480 e. The van der Waals surface area contributed by atoms with Gasteiger partial charge in [-0.1, -0.05) is 0 Å². The number of rotatable bonds is 5. The average molecular weight is 289 g/mol. The van der Waals surface area contributed by atoms with Crippen LogP contribution in [-0.4, -0.2) is 90.1 Å². The lowest BCUT2D eigenvalue weighted by Gasteiger charge is -2.27. The summed E-state index contributed by atoms with van der Waals surface area (Å²) in [4.78, 5) is 28.3. The Balaban J connectivity index is 2.43. The fourth-order valence-corrected chi connectivity index (χ4v) is 2.53. The van der Waals surface area contributed by atoms with E-state index in [9.17, 15) is 9.59 Å². The second-order valence-corrected chi connectivity index (χ2v) is 5.69. The Morgan fingerprint density at radius 3 is 2.63 bits per heavy atom. The van der Waals surface area contributed by atoms with Crippen molar-refractivity contribution < 1.29 is 14.7 Å². The first-order valence-corrected chi connectivity index (χ1v) is 7.87. The van der Waals surface area contributed by atoms with E-state index in [4.69, 9.17) is 5.11 Å². The summed E-state index contributed by atoms with van der Waals surface area (Å²) in [6, 6.07) is 0.0474. The minimum absolute atomic E-state index is 0.0474. The first-order valence-electron chi connectivity index (χ1n) is 6.47. The molecule has 7 heteroatoms. The van der Waals surface area contributed by atoms with Crippen molar-refractivity contribution in [3.05, 3.63) is 0 Å². The van der Waals surface area contributed by atoms with Gasteiger partial charge < -0.3 is 14.9 Å². The van der Waals surface area contributed by atoms with Crippen LogP contribution in [-0.2, 0) is 4.79 Å². The number of carbonyl (C=O) groups excluding carboxylic acids is 1. The van der Waals surface area contributed by atoms with Crippen molar-refractivity contribution in [1.29, 1.82) is 0 Å². The number of hydrogen-bond acceptors (Lipinski definition) is 4. The van der Waals surface area contributed by atoms with Crippen molar-refractivity contribution in [1.82, 2.24) is 14.7 Å². The van der Waals surface area contributed by atoms with Crippen LogP contribution in [0, 0.1) is 0 Å². The van der Waals surface area contributed by atoms with E-state index in [2.05, 4.69) is 0 Å². The van der Waals surface area contributed by atoms with Gasteiger partial charge in [-0.05, 0) is 12.7 Å². The molecule has 0 aromatic rings. The molecule has 1 N–H and O–H groups in total. The number of carboxylic acid groups (broad SMARTS) is 1. The van der Waals surface area contributed by atoms with Gasteiger partial charge in [-0.25, -0.2) is 4.79 Å². The maximum absolute atomic E-state index is 12.2. The van der Waals surface area contributed by atoms with Crippen molar-refractivity contribution in [3.8, 4) is 0 Å². The first-order chi connectivity index (χ1) is 9.04. The molecule has 0 unspecified atom stereocenters. The Bertz CT molecular complexity index is 315. The van der Waals surface area contributed by atoms with E-state index >= 15 is 0 Å². The van der Waals surface area contributed by atoms with Crippen LogP contribution >= 0.6 is 11.8 Å². The zero-order valence-electron chi connectivity index (χ0n) is 11.7. The second kappa shape index (κ2) is 8.27. The normalized spacial score (nSPS) is 17.1. The molecule has 1 fully saturated rings. The SMILES string of the molecule is CSCCN(C)C(=O)N1CCCN(CC(=O)O)CC1. The summed E-state index contributed by atoms with van der Waals surface area (Å²) >= 11 is 1.72. The molecule has 2 amide bonds. The molecular formula is C12H23N3O3S. The number of amides is 2. The number of thioether (sulfide) groups is 1. The highest BCUT2D eigenvalue weighted by atomic mass is 32.2. The Kier molecular flexibility index (Phi) is 7.01. The van der Waals surface area contributed by atoms with E-state index in [0.29, 0.717) is 19.6 Å². The van der Waals surface area contributed by atoms with Gasteiger partial charge in [0.2, 0.25) is 0 Å². The summed E-state index contributed by atoms with van der Waals surface area (Å²) in [7, 11) is 1.82. The summed E-state index contributed by atoms with van der Waals surface area (Å²) in [6.07, 6.45) is 2.85. The number of carbonyl (C=O) groups is 2. The summed E-state index contributed by atoms with van der Waals surface area (Å²) in [6.45, 7) is 3.49. The van der Waals surface area contributed by atoms with Gasteiger partial charge in [0, 0.05) is 45.5 Å². The third-order valence-electron chi connectivity index (χ3n) is 3.18. The summed E-state index contributed by atoms with van der Waals surface area (Å²) in [5, 5.41) is 8.79. The van der Waals surface area contributed by atoms with E-state index in [1.165, 1.54) is 0 Å². The van der Waals surface area contributed by atoms with Crippen molar-refractivity contribution in [2.45, 2.75) is 6.42 Å². The van der Waals surface area contributed by atoms with Crippen LogP contribution in [0.3, 0.4) is 0 Å². The molecule has 1 aliphatic rings. The van der Waals surface area contributed by atoms with Gasteiger partial charge in [0.1, 0.15) is 0 Å². The number of aliphatic carboxylic acids is 1. The molecule has 1 heterocycles. The molecule has 0 radical (unpaired) electrons. The lowest BCUT2D eigenvalue weighted by Crippen LogP contribution is -2.44. The standard InChI is InChI=1S/C12H23N3O3S/c1-13(8-9-19-2)12(18)15-5-3-4-14(6-7-15)10-11(16)17/h3-10H2,1-2H3,(H,16,17). The lowest BCUT2D eigenvalue weighted by atomic mass is 10.4. The number of carboxylic acids is 1. The quantitative estimate of drug-likeness (QED) is 0.798.